The first-order valence-corrected chi connectivity index (χ1v) is 14.8. The molecule has 1 aliphatic heterocycles. The van der Waals surface area contributed by atoms with E-state index >= 15 is 0 Å². The number of benzene rings is 2. The van der Waals surface area contributed by atoms with E-state index < -0.39 is 0 Å². The number of aromatic nitrogens is 2. The van der Waals surface area contributed by atoms with Crippen LogP contribution in [0.4, 0.5) is 0 Å². The van der Waals surface area contributed by atoms with E-state index in [-0.39, 0.29) is 17.6 Å². The van der Waals surface area contributed by atoms with Gasteiger partial charge in [0.2, 0.25) is 0 Å². The summed E-state index contributed by atoms with van der Waals surface area (Å²) in [6.07, 6.45) is 6.57. The second-order valence-corrected chi connectivity index (χ2v) is 11.0. The molecular formula is C34H40N4O4. The molecule has 2 aromatic heterocycles. The van der Waals surface area contributed by atoms with Crippen LogP contribution < -0.4 is 10.3 Å². The van der Waals surface area contributed by atoms with Crippen LogP contribution in [0, 0.1) is 6.92 Å². The molecule has 220 valence electrons. The first-order chi connectivity index (χ1) is 20.5. The van der Waals surface area contributed by atoms with Gasteiger partial charge in [-0.15, -0.1) is 0 Å². The van der Waals surface area contributed by atoms with E-state index in [4.69, 9.17) is 9.47 Å². The average molecular weight is 569 g/mol. The molecule has 5 rings (SSSR count). The average Bonchev–Trinajstić information content (AvgIpc) is 3.02. The van der Waals surface area contributed by atoms with E-state index in [1.807, 2.05) is 78.7 Å². The molecule has 1 fully saturated rings. The molecule has 1 saturated heterocycles. The molecule has 1 amide bonds. The van der Waals surface area contributed by atoms with Gasteiger partial charge in [-0.05, 0) is 73.7 Å². The number of nitrogens with zero attached hydrogens (tertiary/aromatic N) is 4. The molecule has 0 saturated carbocycles. The first-order valence-electron chi connectivity index (χ1n) is 14.8. The van der Waals surface area contributed by atoms with Gasteiger partial charge in [0.05, 0.1) is 24.8 Å². The lowest BCUT2D eigenvalue weighted by molar-refractivity contribution is -0.00382. The normalized spacial score (nSPS) is 14.2. The summed E-state index contributed by atoms with van der Waals surface area (Å²) in [6, 6.07) is 20.9. The van der Waals surface area contributed by atoms with Gasteiger partial charge >= 0.3 is 0 Å². The van der Waals surface area contributed by atoms with Crippen LogP contribution in [0.25, 0.3) is 10.9 Å². The molecule has 42 heavy (non-hydrogen) atoms. The minimum atomic E-state index is -0.0342. The van der Waals surface area contributed by atoms with E-state index in [0.717, 1.165) is 65.8 Å². The lowest BCUT2D eigenvalue weighted by Crippen LogP contribution is -2.43. The van der Waals surface area contributed by atoms with Crippen molar-refractivity contribution in [1.29, 1.82) is 0 Å². The Morgan fingerprint density at radius 2 is 1.86 bits per heavy atom. The van der Waals surface area contributed by atoms with E-state index in [9.17, 15) is 9.59 Å². The minimum absolute atomic E-state index is 0.0342. The summed E-state index contributed by atoms with van der Waals surface area (Å²) in [5, 5.41) is 0.956. The predicted molar refractivity (Wildman–Crippen MR) is 165 cm³/mol. The van der Waals surface area contributed by atoms with E-state index in [0.29, 0.717) is 32.7 Å². The maximum absolute atomic E-state index is 13.6. The van der Waals surface area contributed by atoms with Gasteiger partial charge in [0.15, 0.2) is 0 Å². The Morgan fingerprint density at radius 3 is 2.64 bits per heavy atom. The van der Waals surface area contributed by atoms with Crippen molar-refractivity contribution in [1.82, 2.24) is 19.4 Å². The third kappa shape index (κ3) is 7.63. The summed E-state index contributed by atoms with van der Waals surface area (Å²) in [5.74, 6) is 0.820. The van der Waals surface area contributed by atoms with Crippen molar-refractivity contribution in [3.8, 4) is 5.75 Å². The lowest BCUT2D eigenvalue weighted by atomic mass is 10.1. The summed E-state index contributed by atoms with van der Waals surface area (Å²) < 4.78 is 13.8. The molecule has 4 aromatic rings. The highest BCUT2D eigenvalue weighted by Gasteiger charge is 2.22. The Labute approximate surface area is 247 Å². The standard InChI is InChI=1S/C34H40N4O4/c1-26-7-3-4-9-31(26)34(40)38(17-6-22-41-30-11-12-32-28(23-30)10-13-33(39)36(32)2)21-20-37-18-14-29(15-19-37)42-25-27-8-5-16-35-24-27/h3-5,7-13,16,23-24,29H,6,14-15,17-22,25H2,1-2H3. The third-order valence-corrected chi connectivity index (χ3v) is 8.03. The van der Waals surface area contributed by atoms with Crippen LogP contribution in [0.15, 0.2) is 83.9 Å². The van der Waals surface area contributed by atoms with Crippen LogP contribution in [-0.2, 0) is 18.4 Å². The zero-order valence-corrected chi connectivity index (χ0v) is 24.6. The van der Waals surface area contributed by atoms with E-state index in [2.05, 4.69) is 9.88 Å². The van der Waals surface area contributed by atoms with Gasteiger partial charge in [0.1, 0.15) is 5.75 Å². The maximum atomic E-state index is 13.6. The summed E-state index contributed by atoms with van der Waals surface area (Å²) in [7, 11) is 1.77. The molecular weight excluding hydrogens is 528 g/mol. The topological polar surface area (TPSA) is 76.9 Å². The van der Waals surface area contributed by atoms with Crippen molar-refractivity contribution < 1.29 is 14.3 Å². The number of hydrogen-bond acceptors (Lipinski definition) is 6. The summed E-state index contributed by atoms with van der Waals surface area (Å²) in [5.41, 5.74) is 3.67. The lowest BCUT2D eigenvalue weighted by Gasteiger charge is -2.33. The second-order valence-electron chi connectivity index (χ2n) is 11.0. The number of carbonyl (C=O) groups is 1. The number of rotatable bonds is 12. The number of amides is 1. The van der Waals surface area contributed by atoms with Crippen LogP contribution in [0.1, 0.15) is 40.7 Å². The van der Waals surface area contributed by atoms with Crippen molar-refractivity contribution in [2.24, 2.45) is 7.05 Å². The Hall–Kier alpha value is -4.01. The van der Waals surface area contributed by atoms with Crippen molar-refractivity contribution in [3.63, 3.8) is 0 Å². The minimum Gasteiger partial charge on any atom is -0.494 e. The molecule has 8 heteroatoms. The zero-order chi connectivity index (χ0) is 29.3. The van der Waals surface area contributed by atoms with Crippen LogP contribution in [0.2, 0.25) is 0 Å². The maximum Gasteiger partial charge on any atom is 0.254 e. The van der Waals surface area contributed by atoms with Gasteiger partial charge in [0.25, 0.3) is 11.5 Å². The molecule has 0 N–H and O–H groups in total. The fraction of sp³-hybridized carbons (Fsp3) is 0.382. The number of ether oxygens (including phenoxy) is 2. The molecule has 3 heterocycles. The number of piperidine rings is 1. The Balaban J connectivity index is 1.13. The highest BCUT2D eigenvalue weighted by Crippen LogP contribution is 2.20. The third-order valence-electron chi connectivity index (χ3n) is 8.03. The molecule has 0 radical (unpaired) electrons. The van der Waals surface area contributed by atoms with Crippen LogP contribution in [0.3, 0.4) is 0 Å². The molecule has 2 aromatic carbocycles. The van der Waals surface area contributed by atoms with Gasteiger partial charge in [-0.2, -0.15) is 0 Å². The Kier molecular flexibility index (Phi) is 10.0. The van der Waals surface area contributed by atoms with Crippen molar-refractivity contribution >= 4 is 16.8 Å². The van der Waals surface area contributed by atoms with Crippen molar-refractivity contribution in [3.05, 3.63) is 106 Å². The fourth-order valence-electron chi connectivity index (χ4n) is 5.46. The number of pyridine rings is 2. The highest BCUT2D eigenvalue weighted by atomic mass is 16.5. The smallest absolute Gasteiger partial charge is 0.254 e. The Bertz CT molecular complexity index is 1530. The SMILES string of the molecule is Cc1ccccc1C(=O)N(CCCOc1ccc2c(ccc(=O)n2C)c1)CCN1CCC(OCc2cccnc2)CC1. The molecule has 0 unspecified atom stereocenters. The van der Waals surface area contributed by atoms with Crippen LogP contribution >= 0.6 is 0 Å². The molecule has 0 aliphatic carbocycles. The van der Waals surface area contributed by atoms with Gasteiger partial charge in [-0.1, -0.05) is 24.3 Å². The molecule has 0 bridgehead atoms. The second kappa shape index (κ2) is 14.2. The van der Waals surface area contributed by atoms with Crippen molar-refractivity contribution in [2.45, 2.75) is 38.9 Å². The summed E-state index contributed by atoms with van der Waals surface area (Å²) in [4.78, 5) is 34.1. The van der Waals surface area contributed by atoms with Gasteiger partial charge in [-0.25, -0.2) is 0 Å². The van der Waals surface area contributed by atoms with Gasteiger partial charge in [-0.3, -0.25) is 14.6 Å². The largest absolute Gasteiger partial charge is 0.494 e. The van der Waals surface area contributed by atoms with Crippen molar-refractivity contribution in [2.75, 3.05) is 39.3 Å². The van der Waals surface area contributed by atoms with E-state index in [1.165, 1.54) is 0 Å². The fourth-order valence-corrected chi connectivity index (χ4v) is 5.46. The monoisotopic (exact) mass is 568 g/mol. The predicted octanol–water partition coefficient (Wildman–Crippen LogP) is 4.83. The molecule has 0 spiro atoms. The molecule has 0 atom stereocenters. The zero-order valence-electron chi connectivity index (χ0n) is 24.6. The summed E-state index contributed by atoms with van der Waals surface area (Å²) >= 11 is 0. The quantitative estimate of drug-likeness (QED) is 0.228. The van der Waals surface area contributed by atoms with Gasteiger partial charge < -0.3 is 23.8 Å². The first kappa shape index (κ1) is 29.5. The molecule has 1 aliphatic rings. The van der Waals surface area contributed by atoms with Gasteiger partial charge in [0, 0.05) is 69.2 Å². The summed E-state index contributed by atoms with van der Waals surface area (Å²) in [6.45, 7) is 7.10. The number of likely N-dealkylation sites (tertiary alicyclic amines) is 1. The number of hydrogen-bond donors (Lipinski definition) is 0. The number of fused-ring (bicyclic) bond motifs is 1. The number of carbonyl (C=O) groups excluding carboxylic acids is 1. The van der Waals surface area contributed by atoms with E-state index in [1.54, 1.807) is 23.9 Å². The molecule has 8 nitrogen and oxygen atoms in total. The van der Waals surface area contributed by atoms with Crippen LogP contribution in [0.5, 0.6) is 5.75 Å². The highest BCUT2D eigenvalue weighted by molar-refractivity contribution is 5.95. The van der Waals surface area contributed by atoms with Crippen LogP contribution in [-0.4, -0.2) is 70.7 Å². The Morgan fingerprint density at radius 1 is 1.02 bits per heavy atom. The number of aryl methyl sites for hydroxylation is 2.